The highest BCUT2D eigenvalue weighted by Crippen LogP contribution is 2.19. The lowest BCUT2D eigenvalue weighted by atomic mass is 10.1. The average Bonchev–Trinajstić information content (AvgIpc) is 2.29. The van der Waals surface area contributed by atoms with Crippen LogP contribution in [0, 0.1) is 11.3 Å². The molecule has 1 saturated heterocycles. The molecule has 2 rings (SSSR count). The monoisotopic (exact) mass is 202 g/mol. The fourth-order valence-corrected chi connectivity index (χ4v) is 1.92. The summed E-state index contributed by atoms with van der Waals surface area (Å²) in [6.45, 7) is 1.89. The Balaban J connectivity index is 2.18. The summed E-state index contributed by atoms with van der Waals surface area (Å²) in [5.74, 6) is 0. The summed E-state index contributed by atoms with van der Waals surface area (Å²) in [6.07, 6.45) is 3.88. The van der Waals surface area contributed by atoms with Crippen LogP contribution in [0.2, 0.25) is 0 Å². The van der Waals surface area contributed by atoms with Gasteiger partial charge < -0.3 is 10.6 Å². The van der Waals surface area contributed by atoms with Crippen molar-refractivity contribution >= 4 is 5.69 Å². The van der Waals surface area contributed by atoms with Crippen LogP contribution < -0.4 is 10.6 Å². The fraction of sp³-hybridized carbons (Fsp3) is 0.455. The second-order valence-corrected chi connectivity index (χ2v) is 3.86. The molecule has 0 aliphatic carbocycles. The van der Waals surface area contributed by atoms with Crippen LogP contribution in [0.15, 0.2) is 18.3 Å². The van der Waals surface area contributed by atoms with Crippen molar-refractivity contribution in [2.75, 3.05) is 18.0 Å². The summed E-state index contributed by atoms with van der Waals surface area (Å²) in [4.78, 5) is 6.17. The third-order valence-corrected chi connectivity index (χ3v) is 2.68. The van der Waals surface area contributed by atoms with E-state index >= 15 is 0 Å². The van der Waals surface area contributed by atoms with Crippen LogP contribution in [0.25, 0.3) is 0 Å². The zero-order chi connectivity index (χ0) is 10.7. The first-order valence-electron chi connectivity index (χ1n) is 5.16. The summed E-state index contributed by atoms with van der Waals surface area (Å²) in [6, 6.07) is 6.04. The highest BCUT2D eigenvalue weighted by Gasteiger charge is 2.16. The van der Waals surface area contributed by atoms with Crippen molar-refractivity contribution in [3.05, 3.63) is 24.0 Å². The Labute approximate surface area is 89.3 Å². The minimum absolute atomic E-state index is 0.248. The molecule has 1 aromatic heterocycles. The molecule has 1 aromatic rings. The molecule has 15 heavy (non-hydrogen) atoms. The Morgan fingerprint density at radius 1 is 1.60 bits per heavy atom. The van der Waals surface area contributed by atoms with Crippen molar-refractivity contribution in [1.29, 1.82) is 5.26 Å². The normalized spacial score (nSPS) is 21.1. The van der Waals surface area contributed by atoms with Gasteiger partial charge in [0.25, 0.3) is 0 Å². The van der Waals surface area contributed by atoms with Gasteiger partial charge >= 0.3 is 0 Å². The number of aromatic nitrogens is 1. The van der Waals surface area contributed by atoms with Crippen LogP contribution in [0.3, 0.4) is 0 Å². The van der Waals surface area contributed by atoms with Gasteiger partial charge in [-0.05, 0) is 25.0 Å². The van der Waals surface area contributed by atoms with Gasteiger partial charge in [0.15, 0.2) is 0 Å². The Morgan fingerprint density at radius 2 is 2.47 bits per heavy atom. The van der Waals surface area contributed by atoms with Gasteiger partial charge in [0, 0.05) is 31.0 Å². The Bertz CT molecular complexity index is 382. The minimum atomic E-state index is 0.248. The average molecular weight is 202 g/mol. The van der Waals surface area contributed by atoms with Crippen LogP contribution in [0.4, 0.5) is 5.69 Å². The van der Waals surface area contributed by atoms with Crippen LogP contribution in [0.1, 0.15) is 18.5 Å². The van der Waals surface area contributed by atoms with E-state index in [2.05, 4.69) is 9.88 Å². The van der Waals surface area contributed by atoms with Crippen LogP contribution >= 0.6 is 0 Å². The number of hydrogen-bond acceptors (Lipinski definition) is 4. The minimum Gasteiger partial charge on any atom is -0.370 e. The maximum Gasteiger partial charge on any atom is 0.142 e. The fourth-order valence-electron chi connectivity index (χ4n) is 1.92. The van der Waals surface area contributed by atoms with Gasteiger partial charge in [0.2, 0.25) is 0 Å². The van der Waals surface area contributed by atoms with Crippen molar-refractivity contribution in [1.82, 2.24) is 4.98 Å². The van der Waals surface area contributed by atoms with E-state index in [1.54, 1.807) is 6.20 Å². The maximum absolute atomic E-state index is 8.76. The first-order chi connectivity index (χ1) is 7.29. The zero-order valence-electron chi connectivity index (χ0n) is 8.56. The number of piperidine rings is 1. The first-order valence-corrected chi connectivity index (χ1v) is 5.16. The Morgan fingerprint density at radius 3 is 3.20 bits per heavy atom. The largest absolute Gasteiger partial charge is 0.370 e. The van der Waals surface area contributed by atoms with Crippen molar-refractivity contribution < 1.29 is 0 Å². The molecule has 0 aromatic carbocycles. The lowest BCUT2D eigenvalue weighted by Crippen LogP contribution is -2.42. The SMILES string of the molecule is N#Cc1cc(N2CCC[C@@H](N)C2)ccn1. The third-order valence-electron chi connectivity index (χ3n) is 2.68. The van der Waals surface area contributed by atoms with E-state index in [0.29, 0.717) is 5.69 Å². The second-order valence-electron chi connectivity index (χ2n) is 3.86. The molecule has 1 aliphatic heterocycles. The van der Waals surface area contributed by atoms with Gasteiger partial charge in [0.1, 0.15) is 11.8 Å². The van der Waals surface area contributed by atoms with Crippen molar-refractivity contribution in [2.24, 2.45) is 5.73 Å². The first kappa shape index (κ1) is 9.94. The van der Waals surface area contributed by atoms with Gasteiger partial charge in [-0.3, -0.25) is 0 Å². The molecule has 1 fully saturated rings. The third kappa shape index (κ3) is 2.25. The highest BCUT2D eigenvalue weighted by atomic mass is 15.1. The smallest absolute Gasteiger partial charge is 0.142 e. The Kier molecular flexibility index (Phi) is 2.84. The molecule has 2 N–H and O–H groups in total. The number of nitrogens with two attached hydrogens (primary N) is 1. The summed E-state index contributed by atoms with van der Waals surface area (Å²) < 4.78 is 0. The predicted octanol–water partition coefficient (Wildman–Crippen LogP) is 0.881. The lowest BCUT2D eigenvalue weighted by Gasteiger charge is -2.32. The number of anilines is 1. The standard InChI is InChI=1S/C11H14N4/c12-7-10-6-11(3-4-14-10)15-5-1-2-9(13)8-15/h3-4,6,9H,1-2,5,8,13H2/t9-/m1/s1. The Hall–Kier alpha value is -1.60. The molecular formula is C11H14N4. The molecule has 0 radical (unpaired) electrons. The van der Waals surface area contributed by atoms with E-state index in [-0.39, 0.29) is 6.04 Å². The molecule has 0 spiro atoms. The summed E-state index contributed by atoms with van der Waals surface area (Å²) in [5, 5.41) is 8.76. The molecule has 0 amide bonds. The van der Waals surface area contributed by atoms with E-state index in [1.807, 2.05) is 18.2 Å². The maximum atomic E-state index is 8.76. The molecule has 4 heteroatoms. The topological polar surface area (TPSA) is 65.9 Å². The molecule has 2 heterocycles. The summed E-state index contributed by atoms with van der Waals surface area (Å²) in [5.41, 5.74) is 7.43. The molecule has 0 unspecified atom stereocenters. The molecular weight excluding hydrogens is 188 g/mol. The quantitative estimate of drug-likeness (QED) is 0.734. The number of hydrogen-bond donors (Lipinski definition) is 1. The van der Waals surface area contributed by atoms with E-state index < -0.39 is 0 Å². The number of nitriles is 1. The van der Waals surface area contributed by atoms with E-state index in [1.165, 1.54) is 0 Å². The molecule has 1 aliphatic rings. The van der Waals surface area contributed by atoms with Crippen LogP contribution in [0.5, 0.6) is 0 Å². The molecule has 1 atom stereocenters. The van der Waals surface area contributed by atoms with Gasteiger partial charge in [-0.25, -0.2) is 4.98 Å². The van der Waals surface area contributed by atoms with E-state index in [4.69, 9.17) is 11.0 Å². The number of rotatable bonds is 1. The number of pyridine rings is 1. The molecule has 0 saturated carbocycles. The van der Waals surface area contributed by atoms with Gasteiger partial charge in [-0.1, -0.05) is 0 Å². The summed E-state index contributed by atoms with van der Waals surface area (Å²) in [7, 11) is 0. The van der Waals surface area contributed by atoms with Crippen LogP contribution in [-0.2, 0) is 0 Å². The van der Waals surface area contributed by atoms with E-state index in [0.717, 1.165) is 31.6 Å². The van der Waals surface area contributed by atoms with Crippen molar-refractivity contribution in [3.63, 3.8) is 0 Å². The molecule has 4 nitrogen and oxygen atoms in total. The van der Waals surface area contributed by atoms with Crippen molar-refractivity contribution in [2.45, 2.75) is 18.9 Å². The highest BCUT2D eigenvalue weighted by molar-refractivity contribution is 5.49. The number of nitrogens with zero attached hydrogens (tertiary/aromatic N) is 3. The van der Waals surface area contributed by atoms with Gasteiger partial charge in [0.05, 0.1) is 0 Å². The van der Waals surface area contributed by atoms with Gasteiger partial charge in [-0.2, -0.15) is 5.26 Å². The summed E-state index contributed by atoms with van der Waals surface area (Å²) >= 11 is 0. The molecule has 78 valence electrons. The zero-order valence-corrected chi connectivity index (χ0v) is 8.56. The van der Waals surface area contributed by atoms with E-state index in [9.17, 15) is 0 Å². The lowest BCUT2D eigenvalue weighted by molar-refractivity contribution is 0.506. The predicted molar refractivity (Wildman–Crippen MR) is 58.4 cm³/mol. The van der Waals surface area contributed by atoms with Gasteiger partial charge in [-0.15, -0.1) is 0 Å². The second kappa shape index (κ2) is 4.28. The van der Waals surface area contributed by atoms with Crippen molar-refractivity contribution in [3.8, 4) is 6.07 Å². The molecule has 0 bridgehead atoms. The van der Waals surface area contributed by atoms with Crippen LogP contribution in [-0.4, -0.2) is 24.1 Å².